The Labute approximate surface area is 44.0 Å². The van der Waals surface area contributed by atoms with E-state index in [2.05, 4.69) is 6.58 Å². The maximum absolute atomic E-state index is 9.82. The largest absolute Gasteiger partial charge is 0.216 e. The normalized spacial score (nSPS) is 7.57. The van der Waals surface area contributed by atoms with Gasteiger partial charge in [0.15, 0.2) is 0 Å². The molecule has 0 aromatic rings. The van der Waals surface area contributed by atoms with Gasteiger partial charge >= 0.3 is 0 Å². The third-order valence-corrected chi connectivity index (χ3v) is 1.24. The summed E-state index contributed by atoms with van der Waals surface area (Å²) in [6.45, 7) is 4.73. The van der Waals surface area contributed by atoms with E-state index < -0.39 is 10.3 Å². The maximum Gasteiger partial charge on any atom is 0.216 e. The maximum atomic E-state index is 9.82. The minimum atomic E-state index is -2.06. The molecule has 2 nitrogen and oxygen atoms in total. The second-order valence-corrected chi connectivity index (χ2v) is 2.16. The van der Waals surface area contributed by atoms with E-state index in [1.54, 1.807) is 0 Å². The molecule has 0 aliphatic rings. The molecular formula is C4H6O2S. The average molecular weight is 118 g/mol. The first-order chi connectivity index (χ1) is 3.18. The van der Waals surface area contributed by atoms with Crippen molar-refractivity contribution in [3.63, 3.8) is 0 Å². The number of allylic oxidation sites excluding steroid dienone is 1. The molecule has 0 spiro atoms. The van der Waals surface area contributed by atoms with E-state index in [1.807, 2.05) is 0 Å². The summed E-state index contributed by atoms with van der Waals surface area (Å²) in [7, 11) is -2.06. The highest BCUT2D eigenvalue weighted by Crippen LogP contribution is 1.66. The van der Waals surface area contributed by atoms with Crippen molar-refractivity contribution < 1.29 is 8.42 Å². The van der Waals surface area contributed by atoms with Gasteiger partial charge in [0.1, 0.15) is 0 Å². The van der Waals surface area contributed by atoms with Gasteiger partial charge in [-0.1, -0.05) is 12.7 Å². The first-order valence-corrected chi connectivity index (χ1v) is 2.81. The zero-order valence-corrected chi connectivity index (χ0v) is 4.83. The van der Waals surface area contributed by atoms with Crippen LogP contribution in [-0.4, -0.2) is 13.3 Å². The van der Waals surface area contributed by atoms with Crippen LogP contribution in [0.3, 0.4) is 0 Å². The van der Waals surface area contributed by atoms with E-state index >= 15 is 0 Å². The molecule has 0 atom stereocenters. The van der Waals surface area contributed by atoms with Gasteiger partial charge in [-0.05, 0) is 6.92 Å². The van der Waals surface area contributed by atoms with Crippen LogP contribution in [0.4, 0.5) is 0 Å². The molecule has 0 amide bonds. The first kappa shape index (κ1) is 6.43. The Balaban J connectivity index is 4.67. The average Bonchev–Trinajstić information content (AvgIpc) is 1.65. The van der Waals surface area contributed by atoms with Gasteiger partial charge in [0.25, 0.3) is 0 Å². The summed E-state index contributed by atoms with van der Waals surface area (Å²) in [5.74, 6) is 0. The fourth-order valence-electron chi connectivity index (χ4n) is 0.0680. The number of hydrogen-bond acceptors (Lipinski definition) is 2. The lowest BCUT2D eigenvalue weighted by Crippen LogP contribution is -1.81. The zero-order chi connectivity index (χ0) is 5.86. The van der Waals surface area contributed by atoms with Gasteiger partial charge < -0.3 is 0 Å². The summed E-state index contributed by atoms with van der Waals surface area (Å²) in [4.78, 5) is 0.278. The van der Waals surface area contributed by atoms with Crippen LogP contribution in [0.15, 0.2) is 12.7 Å². The summed E-state index contributed by atoms with van der Waals surface area (Å²) in [5.41, 5.74) is 0. The Morgan fingerprint density at radius 2 is 2.14 bits per heavy atom. The Morgan fingerprint density at radius 3 is 2.14 bits per heavy atom. The minimum absolute atomic E-state index is 0.278. The van der Waals surface area contributed by atoms with Crippen LogP contribution in [-0.2, 0) is 10.3 Å². The second kappa shape index (κ2) is 2.58. The molecule has 0 N–H and O–H groups in total. The molecule has 40 valence electrons. The van der Waals surface area contributed by atoms with Gasteiger partial charge in [-0.3, -0.25) is 0 Å². The van der Waals surface area contributed by atoms with Crippen LogP contribution in [0.2, 0.25) is 0 Å². The summed E-state index contributed by atoms with van der Waals surface area (Å²) < 4.78 is 19.6. The molecule has 3 heteroatoms. The van der Waals surface area contributed by atoms with Crippen LogP contribution < -0.4 is 0 Å². The fourth-order valence-corrected chi connectivity index (χ4v) is 0.204. The highest BCUT2D eigenvalue weighted by atomic mass is 32.2. The number of rotatable bonds is 1. The van der Waals surface area contributed by atoms with E-state index in [0.29, 0.717) is 0 Å². The first-order valence-electron chi connectivity index (χ1n) is 1.73. The van der Waals surface area contributed by atoms with Crippen molar-refractivity contribution >= 4 is 15.2 Å². The van der Waals surface area contributed by atoms with Gasteiger partial charge in [-0.25, -0.2) is 0 Å². The van der Waals surface area contributed by atoms with Crippen LogP contribution in [0.25, 0.3) is 0 Å². The van der Waals surface area contributed by atoms with E-state index in [4.69, 9.17) is 0 Å². The smallest absolute Gasteiger partial charge is 0.184 e. The molecule has 0 aromatic heterocycles. The molecule has 0 saturated carbocycles. The van der Waals surface area contributed by atoms with Crippen molar-refractivity contribution in [1.82, 2.24) is 0 Å². The molecule has 0 fully saturated rings. The van der Waals surface area contributed by atoms with Crippen molar-refractivity contribution in [3.05, 3.63) is 12.7 Å². The highest BCUT2D eigenvalue weighted by Gasteiger charge is 1.76. The molecule has 0 aliphatic carbocycles. The van der Waals surface area contributed by atoms with Crippen LogP contribution >= 0.6 is 0 Å². The lowest BCUT2D eigenvalue weighted by atomic mass is 10.5. The highest BCUT2D eigenvalue weighted by molar-refractivity contribution is 7.73. The summed E-state index contributed by atoms with van der Waals surface area (Å²) in [6, 6.07) is 0. The molecule has 7 heavy (non-hydrogen) atoms. The van der Waals surface area contributed by atoms with E-state index in [0.717, 1.165) is 0 Å². The Morgan fingerprint density at radius 1 is 1.71 bits per heavy atom. The van der Waals surface area contributed by atoms with Crippen molar-refractivity contribution in [2.75, 3.05) is 0 Å². The lowest BCUT2D eigenvalue weighted by molar-refractivity contribution is 0.627. The standard InChI is InChI=1S/C4H6O2S/c1-3-4(2)7(5)6/h3H,1H2,2H3. The van der Waals surface area contributed by atoms with Gasteiger partial charge in [0.2, 0.25) is 10.3 Å². The Hall–Kier alpha value is -0.570. The van der Waals surface area contributed by atoms with Gasteiger partial charge in [-0.2, -0.15) is 8.42 Å². The molecule has 0 heterocycles. The van der Waals surface area contributed by atoms with Crippen molar-refractivity contribution in [1.29, 1.82) is 0 Å². The van der Waals surface area contributed by atoms with Crippen molar-refractivity contribution in [3.8, 4) is 0 Å². The third-order valence-electron chi connectivity index (χ3n) is 0.550. The molecule has 0 rings (SSSR count). The van der Waals surface area contributed by atoms with Crippen LogP contribution in [0.1, 0.15) is 6.92 Å². The van der Waals surface area contributed by atoms with Gasteiger partial charge in [-0.15, -0.1) is 0 Å². The molecular weight excluding hydrogens is 112 g/mol. The second-order valence-electron chi connectivity index (χ2n) is 1.05. The van der Waals surface area contributed by atoms with Gasteiger partial charge in [0, 0.05) is 0 Å². The summed E-state index contributed by atoms with van der Waals surface area (Å²) >= 11 is 0. The van der Waals surface area contributed by atoms with E-state index in [1.165, 1.54) is 13.0 Å². The summed E-state index contributed by atoms with van der Waals surface area (Å²) in [6.07, 6.45) is 1.29. The van der Waals surface area contributed by atoms with Crippen molar-refractivity contribution in [2.45, 2.75) is 6.92 Å². The topological polar surface area (TPSA) is 34.1 Å². The SMILES string of the molecule is C=CC(C)=S(=O)=O. The van der Waals surface area contributed by atoms with Crippen LogP contribution in [0, 0.1) is 0 Å². The van der Waals surface area contributed by atoms with Crippen molar-refractivity contribution in [2.24, 2.45) is 0 Å². The molecule has 0 unspecified atom stereocenters. The molecule has 0 radical (unpaired) electrons. The summed E-state index contributed by atoms with van der Waals surface area (Å²) in [5, 5.41) is 0. The van der Waals surface area contributed by atoms with Gasteiger partial charge in [0.05, 0.1) is 4.86 Å². The minimum Gasteiger partial charge on any atom is -0.184 e. The third kappa shape index (κ3) is 2.17. The lowest BCUT2D eigenvalue weighted by Gasteiger charge is -1.69. The zero-order valence-electron chi connectivity index (χ0n) is 4.01. The monoisotopic (exact) mass is 118 g/mol. The molecule has 0 aromatic carbocycles. The quantitative estimate of drug-likeness (QED) is 0.365. The molecule has 0 bridgehead atoms. The van der Waals surface area contributed by atoms with E-state index in [9.17, 15) is 8.42 Å². The predicted molar refractivity (Wildman–Crippen MR) is 29.8 cm³/mol. The molecule has 0 aliphatic heterocycles. The van der Waals surface area contributed by atoms with Crippen LogP contribution in [0.5, 0.6) is 0 Å². The Bertz CT molecular complexity index is 178. The predicted octanol–water partition coefficient (Wildman–Crippen LogP) is 0.244. The van der Waals surface area contributed by atoms with E-state index in [-0.39, 0.29) is 4.86 Å². The fraction of sp³-hybridized carbons (Fsp3) is 0.250. The molecule has 0 saturated heterocycles. The Kier molecular flexibility index (Phi) is 2.37. The number of hydrogen-bond donors (Lipinski definition) is 0.